The van der Waals surface area contributed by atoms with Gasteiger partial charge in [-0.2, -0.15) is 0 Å². The van der Waals surface area contributed by atoms with Crippen LogP contribution in [0.15, 0.2) is 0 Å². The summed E-state index contributed by atoms with van der Waals surface area (Å²) in [4.78, 5) is 13.9. The van der Waals surface area contributed by atoms with Crippen molar-refractivity contribution in [2.45, 2.75) is 77.0 Å². The highest BCUT2D eigenvalue weighted by Crippen LogP contribution is 2.24. The molecule has 1 heterocycles. The van der Waals surface area contributed by atoms with E-state index in [0.29, 0.717) is 18.0 Å². The van der Waals surface area contributed by atoms with Gasteiger partial charge in [-0.3, -0.25) is 0 Å². The average Bonchev–Trinajstić information content (AvgIpc) is 2.52. The van der Waals surface area contributed by atoms with Gasteiger partial charge in [-0.15, -0.1) is 0 Å². The van der Waals surface area contributed by atoms with Crippen molar-refractivity contribution in [2.75, 3.05) is 26.8 Å². The third-order valence-electron chi connectivity index (χ3n) is 4.88. The quantitative estimate of drug-likeness (QED) is 0.862. The maximum absolute atomic E-state index is 12.1. The summed E-state index contributed by atoms with van der Waals surface area (Å²) < 4.78 is 11.0. The number of hydrogen-bond donors (Lipinski definition) is 1. The Morgan fingerprint density at radius 1 is 1.22 bits per heavy atom. The molecule has 0 spiro atoms. The molecule has 0 radical (unpaired) electrons. The first-order valence-electron chi connectivity index (χ1n) is 9.12. The summed E-state index contributed by atoms with van der Waals surface area (Å²) in [6.07, 6.45) is 6.64. The Bertz CT molecular complexity index is 367. The van der Waals surface area contributed by atoms with Crippen molar-refractivity contribution in [2.24, 2.45) is 5.92 Å². The second kappa shape index (κ2) is 8.34. The lowest BCUT2D eigenvalue weighted by atomic mass is 9.90. The first kappa shape index (κ1) is 18.5. The molecule has 2 aliphatic rings. The van der Waals surface area contributed by atoms with E-state index in [-0.39, 0.29) is 6.09 Å². The highest BCUT2D eigenvalue weighted by Gasteiger charge is 2.29. The Kier molecular flexibility index (Phi) is 6.72. The summed E-state index contributed by atoms with van der Waals surface area (Å²) >= 11 is 0. The Morgan fingerprint density at radius 2 is 1.91 bits per heavy atom. The molecule has 0 aromatic rings. The number of ether oxygens (including phenoxy) is 2. The second-order valence-electron chi connectivity index (χ2n) is 8.09. The van der Waals surface area contributed by atoms with E-state index in [1.807, 2.05) is 27.8 Å². The van der Waals surface area contributed by atoms with Crippen molar-refractivity contribution in [1.29, 1.82) is 0 Å². The number of nitrogens with zero attached hydrogens (tertiary/aromatic N) is 1. The molecule has 0 aromatic carbocycles. The van der Waals surface area contributed by atoms with Gasteiger partial charge in [0.15, 0.2) is 0 Å². The van der Waals surface area contributed by atoms with Crippen LogP contribution in [0.1, 0.15) is 59.3 Å². The minimum atomic E-state index is -0.424. The molecule has 23 heavy (non-hydrogen) atoms. The van der Waals surface area contributed by atoms with Crippen molar-refractivity contribution in [3.05, 3.63) is 0 Å². The van der Waals surface area contributed by atoms with Gasteiger partial charge in [0.25, 0.3) is 0 Å². The summed E-state index contributed by atoms with van der Waals surface area (Å²) in [5.74, 6) is 0.672. The smallest absolute Gasteiger partial charge is 0.410 e. The lowest BCUT2D eigenvalue weighted by molar-refractivity contribution is 0.0175. The molecule has 5 heteroatoms. The Labute approximate surface area is 141 Å². The third kappa shape index (κ3) is 6.30. The van der Waals surface area contributed by atoms with Crippen LogP contribution in [0.2, 0.25) is 0 Å². The van der Waals surface area contributed by atoms with E-state index in [9.17, 15) is 4.79 Å². The van der Waals surface area contributed by atoms with E-state index < -0.39 is 5.60 Å². The third-order valence-corrected chi connectivity index (χ3v) is 4.88. The minimum absolute atomic E-state index is 0.201. The lowest BCUT2D eigenvalue weighted by Gasteiger charge is -2.36. The van der Waals surface area contributed by atoms with Crippen LogP contribution in [0, 0.1) is 5.92 Å². The molecule has 1 unspecified atom stereocenters. The molecule has 1 aliphatic heterocycles. The highest BCUT2D eigenvalue weighted by atomic mass is 16.6. The molecule has 0 bridgehead atoms. The summed E-state index contributed by atoms with van der Waals surface area (Å²) in [6.45, 7) is 8.64. The van der Waals surface area contributed by atoms with E-state index in [1.54, 1.807) is 4.90 Å². The van der Waals surface area contributed by atoms with E-state index in [0.717, 1.165) is 45.4 Å². The van der Waals surface area contributed by atoms with Crippen LogP contribution in [-0.4, -0.2) is 55.5 Å². The fraction of sp³-hybridized carbons (Fsp3) is 0.944. The van der Waals surface area contributed by atoms with Crippen LogP contribution in [0.4, 0.5) is 4.79 Å². The average molecular weight is 326 g/mol. The SMILES string of the molecule is CN(C(=O)OC(C)(C)C)C1CCC(NCC2CCCOC2)CC1. The van der Waals surface area contributed by atoms with E-state index in [4.69, 9.17) is 9.47 Å². The molecule has 2 fully saturated rings. The predicted molar refractivity (Wildman–Crippen MR) is 91.6 cm³/mol. The monoisotopic (exact) mass is 326 g/mol. The van der Waals surface area contributed by atoms with Gasteiger partial charge < -0.3 is 19.7 Å². The van der Waals surface area contributed by atoms with Gasteiger partial charge in [0.2, 0.25) is 0 Å². The largest absolute Gasteiger partial charge is 0.444 e. The lowest BCUT2D eigenvalue weighted by Crippen LogP contribution is -2.45. The number of carbonyl (C=O) groups is 1. The van der Waals surface area contributed by atoms with Crippen molar-refractivity contribution in [3.8, 4) is 0 Å². The summed E-state index contributed by atoms with van der Waals surface area (Å²) in [7, 11) is 1.87. The van der Waals surface area contributed by atoms with Gasteiger partial charge in [0.1, 0.15) is 5.60 Å². The first-order chi connectivity index (χ1) is 10.8. The zero-order valence-electron chi connectivity index (χ0n) is 15.3. The normalized spacial score (nSPS) is 29.1. The molecule has 1 saturated carbocycles. The van der Waals surface area contributed by atoms with Crippen molar-refractivity contribution in [1.82, 2.24) is 10.2 Å². The predicted octanol–water partition coefficient (Wildman–Crippen LogP) is 3.18. The van der Waals surface area contributed by atoms with E-state index in [2.05, 4.69) is 5.32 Å². The molecule has 1 aliphatic carbocycles. The Hall–Kier alpha value is -0.810. The Morgan fingerprint density at radius 3 is 2.48 bits per heavy atom. The van der Waals surface area contributed by atoms with Gasteiger partial charge in [-0.25, -0.2) is 4.79 Å². The topological polar surface area (TPSA) is 50.8 Å². The molecule has 1 amide bonds. The maximum atomic E-state index is 12.1. The molecular weight excluding hydrogens is 292 g/mol. The minimum Gasteiger partial charge on any atom is -0.444 e. The van der Waals surface area contributed by atoms with Gasteiger partial charge in [-0.05, 0) is 65.2 Å². The van der Waals surface area contributed by atoms with Crippen molar-refractivity contribution < 1.29 is 14.3 Å². The van der Waals surface area contributed by atoms with Gasteiger partial charge in [-0.1, -0.05) is 0 Å². The fourth-order valence-electron chi connectivity index (χ4n) is 3.45. The summed E-state index contributed by atoms with van der Waals surface area (Å²) in [6, 6.07) is 0.890. The molecule has 1 N–H and O–H groups in total. The van der Waals surface area contributed by atoms with Gasteiger partial charge in [0, 0.05) is 32.3 Å². The summed E-state index contributed by atoms with van der Waals surface area (Å²) in [5, 5.41) is 3.70. The molecule has 1 atom stereocenters. The molecule has 1 saturated heterocycles. The number of hydrogen-bond acceptors (Lipinski definition) is 4. The van der Waals surface area contributed by atoms with Gasteiger partial charge in [0.05, 0.1) is 6.61 Å². The van der Waals surface area contributed by atoms with Gasteiger partial charge >= 0.3 is 6.09 Å². The zero-order chi connectivity index (χ0) is 16.9. The molecular formula is C18H34N2O3. The van der Waals surface area contributed by atoms with Crippen LogP contribution in [0.25, 0.3) is 0 Å². The number of nitrogens with one attached hydrogen (secondary N) is 1. The molecule has 0 aromatic heterocycles. The molecule has 5 nitrogen and oxygen atoms in total. The van der Waals surface area contributed by atoms with Crippen LogP contribution in [0.3, 0.4) is 0 Å². The Balaban J connectivity index is 1.67. The molecule has 2 rings (SSSR count). The highest BCUT2D eigenvalue weighted by molar-refractivity contribution is 5.68. The van der Waals surface area contributed by atoms with Crippen molar-refractivity contribution in [3.63, 3.8) is 0 Å². The van der Waals surface area contributed by atoms with Crippen molar-refractivity contribution >= 4 is 6.09 Å². The maximum Gasteiger partial charge on any atom is 0.410 e. The van der Waals surface area contributed by atoms with E-state index in [1.165, 1.54) is 12.8 Å². The van der Waals surface area contributed by atoms with Crippen LogP contribution in [-0.2, 0) is 9.47 Å². The summed E-state index contributed by atoms with van der Waals surface area (Å²) in [5.41, 5.74) is -0.424. The molecule has 134 valence electrons. The standard InChI is InChI=1S/C18H34N2O3/c1-18(2,3)23-17(21)20(4)16-9-7-15(8-10-16)19-12-14-6-5-11-22-13-14/h14-16,19H,5-13H2,1-4H3. The zero-order valence-corrected chi connectivity index (χ0v) is 15.3. The number of rotatable bonds is 4. The van der Waals surface area contributed by atoms with Crippen LogP contribution >= 0.6 is 0 Å². The van der Waals surface area contributed by atoms with E-state index >= 15 is 0 Å². The van der Waals surface area contributed by atoms with Crippen LogP contribution < -0.4 is 5.32 Å². The first-order valence-corrected chi connectivity index (χ1v) is 9.12. The van der Waals surface area contributed by atoms with Crippen LogP contribution in [0.5, 0.6) is 0 Å². The number of carbonyl (C=O) groups excluding carboxylic acids is 1. The number of amides is 1. The fourth-order valence-corrected chi connectivity index (χ4v) is 3.45. The second-order valence-corrected chi connectivity index (χ2v) is 8.09.